The summed E-state index contributed by atoms with van der Waals surface area (Å²) < 4.78 is 11.0. The van der Waals surface area contributed by atoms with Crippen molar-refractivity contribution >= 4 is 18.3 Å². The molecule has 0 aliphatic carbocycles. The van der Waals surface area contributed by atoms with Crippen LogP contribution in [0.25, 0.3) is 0 Å². The number of nitrogens with two attached hydrogens (primary N) is 1. The highest BCUT2D eigenvalue weighted by Crippen LogP contribution is 2.29. The first kappa shape index (κ1) is 22.5. The molecule has 1 amide bonds. The van der Waals surface area contributed by atoms with Gasteiger partial charge in [-0.1, -0.05) is 13.8 Å². The second-order valence-electron chi connectivity index (χ2n) is 6.46. The van der Waals surface area contributed by atoms with Crippen LogP contribution in [0.1, 0.15) is 44.5 Å². The van der Waals surface area contributed by atoms with Gasteiger partial charge in [0.2, 0.25) is 0 Å². The highest BCUT2D eigenvalue weighted by Gasteiger charge is 2.17. The smallest absolute Gasteiger partial charge is 0.253 e. The average molecular weight is 359 g/mol. The van der Waals surface area contributed by atoms with E-state index in [1.54, 1.807) is 37.3 Å². The van der Waals surface area contributed by atoms with Crippen molar-refractivity contribution in [3.05, 3.63) is 23.8 Å². The molecule has 0 radical (unpaired) electrons. The summed E-state index contributed by atoms with van der Waals surface area (Å²) in [4.78, 5) is 14.2. The number of nitrogens with zero attached hydrogens (tertiary/aromatic N) is 1. The third-order valence-corrected chi connectivity index (χ3v) is 3.77. The number of carbonyl (C=O) groups is 1. The molecule has 0 bridgehead atoms. The van der Waals surface area contributed by atoms with Crippen molar-refractivity contribution in [3.8, 4) is 11.5 Å². The van der Waals surface area contributed by atoms with E-state index in [0.717, 1.165) is 6.42 Å². The molecule has 24 heavy (non-hydrogen) atoms. The fourth-order valence-corrected chi connectivity index (χ4v) is 2.15. The molecule has 0 heterocycles. The molecule has 1 atom stereocenters. The summed E-state index contributed by atoms with van der Waals surface area (Å²) >= 11 is 0. The van der Waals surface area contributed by atoms with Crippen LogP contribution in [-0.4, -0.2) is 43.7 Å². The number of methoxy groups -OCH3 is 1. The fraction of sp³-hybridized carbons (Fsp3) is 0.611. The Balaban J connectivity index is 0.00000529. The molecule has 2 N–H and O–H groups in total. The molecule has 5 nitrogen and oxygen atoms in total. The third kappa shape index (κ3) is 6.57. The second-order valence-corrected chi connectivity index (χ2v) is 6.46. The number of carbonyl (C=O) groups excluding carboxylic acids is 1. The molecule has 0 aliphatic rings. The molecule has 138 valence electrons. The van der Waals surface area contributed by atoms with E-state index in [4.69, 9.17) is 15.2 Å². The van der Waals surface area contributed by atoms with Gasteiger partial charge < -0.3 is 20.1 Å². The Bertz CT molecular complexity index is 521. The minimum atomic E-state index is -0.0460. The minimum Gasteiger partial charge on any atom is -0.493 e. The lowest BCUT2D eigenvalue weighted by molar-refractivity contribution is 0.0788. The second kappa shape index (κ2) is 10.4. The number of halogens is 1. The van der Waals surface area contributed by atoms with Crippen molar-refractivity contribution in [2.75, 3.05) is 20.7 Å². The molecule has 1 unspecified atom stereocenters. The first-order valence-electron chi connectivity index (χ1n) is 8.12. The number of amides is 1. The van der Waals surface area contributed by atoms with Gasteiger partial charge in [0.15, 0.2) is 11.5 Å². The standard InChI is InChI=1S/C18H30N2O3.ClH/c1-12(2)15(19)9-10-20(5)18(21)14-7-8-16(23-13(3)4)17(11-14)22-6;/h7-8,11-13,15H,9-10,19H2,1-6H3;1H. The topological polar surface area (TPSA) is 64.8 Å². The van der Waals surface area contributed by atoms with Gasteiger partial charge in [-0.25, -0.2) is 0 Å². The van der Waals surface area contributed by atoms with E-state index >= 15 is 0 Å². The van der Waals surface area contributed by atoms with Gasteiger partial charge in [0, 0.05) is 25.2 Å². The summed E-state index contributed by atoms with van der Waals surface area (Å²) in [6, 6.07) is 5.36. The Kier molecular flexibility index (Phi) is 9.78. The van der Waals surface area contributed by atoms with Crippen LogP contribution in [0.15, 0.2) is 18.2 Å². The van der Waals surface area contributed by atoms with Crippen molar-refractivity contribution in [1.82, 2.24) is 4.90 Å². The molecule has 0 saturated heterocycles. The normalized spacial score (nSPS) is 11.9. The van der Waals surface area contributed by atoms with Crippen LogP contribution < -0.4 is 15.2 Å². The van der Waals surface area contributed by atoms with E-state index in [1.165, 1.54) is 0 Å². The van der Waals surface area contributed by atoms with Crippen molar-refractivity contribution in [1.29, 1.82) is 0 Å². The lowest BCUT2D eigenvalue weighted by Gasteiger charge is -2.22. The van der Waals surface area contributed by atoms with Crippen LogP contribution in [0, 0.1) is 5.92 Å². The fourth-order valence-electron chi connectivity index (χ4n) is 2.15. The van der Waals surface area contributed by atoms with E-state index in [-0.39, 0.29) is 30.5 Å². The number of hydrogen-bond acceptors (Lipinski definition) is 4. The Labute approximate surface area is 151 Å². The van der Waals surface area contributed by atoms with Crippen LogP contribution in [-0.2, 0) is 0 Å². The molecule has 6 heteroatoms. The van der Waals surface area contributed by atoms with E-state index in [0.29, 0.717) is 29.5 Å². The third-order valence-electron chi connectivity index (χ3n) is 3.77. The first-order valence-corrected chi connectivity index (χ1v) is 8.12. The van der Waals surface area contributed by atoms with Gasteiger partial charge in [0.25, 0.3) is 5.91 Å². The van der Waals surface area contributed by atoms with Gasteiger partial charge in [-0.3, -0.25) is 4.79 Å². The zero-order chi connectivity index (χ0) is 17.6. The van der Waals surface area contributed by atoms with Gasteiger partial charge in [0.1, 0.15) is 0 Å². The predicted octanol–water partition coefficient (Wildman–Crippen LogP) is 3.35. The lowest BCUT2D eigenvalue weighted by Crippen LogP contribution is -2.34. The Morgan fingerprint density at radius 1 is 1.21 bits per heavy atom. The van der Waals surface area contributed by atoms with Crippen molar-refractivity contribution in [3.63, 3.8) is 0 Å². The number of benzene rings is 1. The summed E-state index contributed by atoms with van der Waals surface area (Å²) in [6.45, 7) is 8.70. The largest absolute Gasteiger partial charge is 0.493 e. The van der Waals surface area contributed by atoms with Crippen LogP contribution in [0.5, 0.6) is 11.5 Å². The predicted molar refractivity (Wildman–Crippen MR) is 100 cm³/mol. The molecule has 1 aromatic carbocycles. The van der Waals surface area contributed by atoms with E-state index < -0.39 is 0 Å². The quantitative estimate of drug-likeness (QED) is 0.774. The Morgan fingerprint density at radius 2 is 1.83 bits per heavy atom. The number of ether oxygens (including phenoxy) is 2. The minimum absolute atomic E-state index is 0. The van der Waals surface area contributed by atoms with Crippen LogP contribution in [0.3, 0.4) is 0 Å². The van der Waals surface area contributed by atoms with Gasteiger partial charge in [0.05, 0.1) is 13.2 Å². The number of rotatable bonds is 8. The Hall–Kier alpha value is -1.46. The van der Waals surface area contributed by atoms with Crippen molar-refractivity contribution in [2.45, 2.75) is 46.3 Å². The molecule has 1 aromatic rings. The van der Waals surface area contributed by atoms with Gasteiger partial charge in [-0.05, 0) is 44.4 Å². The SMILES string of the molecule is COc1cc(C(=O)N(C)CCC(N)C(C)C)ccc1OC(C)C.Cl. The van der Waals surface area contributed by atoms with E-state index in [1.807, 2.05) is 13.8 Å². The average Bonchev–Trinajstić information content (AvgIpc) is 2.51. The molecule has 1 rings (SSSR count). The monoisotopic (exact) mass is 358 g/mol. The summed E-state index contributed by atoms with van der Waals surface area (Å²) in [7, 11) is 3.36. The Morgan fingerprint density at radius 3 is 2.33 bits per heavy atom. The molecule has 0 aromatic heterocycles. The molecular formula is C18H31ClN2O3. The summed E-state index contributed by atoms with van der Waals surface area (Å²) in [5.74, 6) is 1.57. The maximum atomic E-state index is 12.5. The first-order chi connectivity index (χ1) is 10.8. The van der Waals surface area contributed by atoms with Gasteiger partial charge in [-0.2, -0.15) is 0 Å². The zero-order valence-electron chi connectivity index (χ0n) is 15.5. The van der Waals surface area contributed by atoms with Gasteiger partial charge >= 0.3 is 0 Å². The summed E-state index contributed by atoms with van der Waals surface area (Å²) in [5.41, 5.74) is 6.62. The van der Waals surface area contributed by atoms with Crippen molar-refractivity contribution < 1.29 is 14.3 Å². The summed E-state index contributed by atoms with van der Waals surface area (Å²) in [6.07, 6.45) is 0.830. The molecule has 0 fully saturated rings. The lowest BCUT2D eigenvalue weighted by atomic mass is 10.0. The summed E-state index contributed by atoms with van der Waals surface area (Å²) in [5, 5.41) is 0. The van der Waals surface area contributed by atoms with Crippen LogP contribution in [0.2, 0.25) is 0 Å². The van der Waals surface area contributed by atoms with Crippen LogP contribution in [0.4, 0.5) is 0 Å². The maximum Gasteiger partial charge on any atom is 0.253 e. The molecule has 0 spiro atoms. The molecule has 0 saturated carbocycles. The number of hydrogen-bond donors (Lipinski definition) is 1. The molecule has 0 aliphatic heterocycles. The van der Waals surface area contributed by atoms with E-state index in [9.17, 15) is 4.79 Å². The molecular weight excluding hydrogens is 328 g/mol. The van der Waals surface area contributed by atoms with Crippen LogP contribution >= 0.6 is 12.4 Å². The van der Waals surface area contributed by atoms with Crippen molar-refractivity contribution in [2.24, 2.45) is 11.7 Å². The van der Waals surface area contributed by atoms with E-state index in [2.05, 4.69) is 13.8 Å². The van der Waals surface area contributed by atoms with Gasteiger partial charge in [-0.15, -0.1) is 12.4 Å². The highest BCUT2D eigenvalue weighted by atomic mass is 35.5. The highest BCUT2D eigenvalue weighted by molar-refractivity contribution is 5.94. The maximum absolute atomic E-state index is 12.5. The zero-order valence-corrected chi connectivity index (χ0v) is 16.4.